The van der Waals surface area contributed by atoms with Gasteiger partial charge in [-0.15, -0.1) is 0 Å². The lowest BCUT2D eigenvalue weighted by atomic mass is 9.87. The topological polar surface area (TPSA) is 21.3 Å². The van der Waals surface area contributed by atoms with E-state index in [-0.39, 0.29) is 5.41 Å². The lowest BCUT2D eigenvalue weighted by molar-refractivity contribution is 0.414. The number of rotatable bonds is 2. The van der Waals surface area contributed by atoms with E-state index in [2.05, 4.69) is 44.3 Å². The second-order valence-electron chi connectivity index (χ2n) is 4.42. The minimum absolute atomic E-state index is 0.166. The predicted molar refractivity (Wildman–Crippen MR) is 61.2 cm³/mol. The van der Waals surface area contributed by atoms with Crippen LogP contribution in [0.3, 0.4) is 0 Å². The van der Waals surface area contributed by atoms with Gasteiger partial charge in [-0.1, -0.05) is 26.8 Å². The van der Waals surface area contributed by atoms with Crippen LogP contribution in [0.4, 0.5) is 5.69 Å². The van der Waals surface area contributed by atoms with Crippen LogP contribution in [0.25, 0.3) is 0 Å². The zero-order valence-corrected chi connectivity index (χ0v) is 9.64. The van der Waals surface area contributed by atoms with Crippen LogP contribution < -0.4 is 10.1 Å². The van der Waals surface area contributed by atoms with E-state index in [4.69, 9.17) is 4.74 Å². The number of benzene rings is 1. The fourth-order valence-electron chi connectivity index (χ4n) is 1.36. The standard InChI is InChI=1S/C12H19NO/c1-12(2,3)9-6-7-10(13-4)11(8-9)14-5/h6-8,13H,1-5H3. The number of anilines is 1. The number of nitrogens with one attached hydrogen (secondary N) is 1. The third-order valence-electron chi connectivity index (χ3n) is 2.34. The molecule has 0 bridgehead atoms. The van der Waals surface area contributed by atoms with Crippen molar-refractivity contribution in [1.82, 2.24) is 0 Å². The molecule has 0 aromatic heterocycles. The summed E-state index contributed by atoms with van der Waals surface area (Å²) in [5.74, 6) is 0.903. The Balaban J connectivity index is 3.14. The van der Waals surface area contributed by atoms with Gasteiger partial charge in [0.1, 0.15) is 5.75 Å². The molecule has 0 aliphatic rings. The molecular formula is C12H19NO. The third kappa shape index (κ3) is 2.19. The minimum Gasteiger partial charge on any atom is -0.495 e. The molecule has 0 amide bonds. The van der Waals surface area contributed by atoms with E-state index in [1.54, 1.807) is 7.11 Å². The van der Waals surface area contributed by atoms with E-state index < -0.39 is 0 Å². The van der Waals surface area contributed by atoms with E-state index in [1.165, 1.54) is 5.56 Å². The molecule has 1 rings (SSSR count). The predicted octanol–water partition coefficient (Wildman–Crippen LogP) is 3.03. The number of hydrogen-bond acceptors (Lipinski definition) is 2. The molecule has 0 aliphatic carbocycles. The Bertz CT molecular complexity index is 313. The van der Waals surface area contributed by atoms with Crippen LogP contribution in [0.2, 0.25) is 0 Å². The van der Waals surface area contributed by atoms with Gasteiger partial charge in [0, 0.05) is 7.05 Å². The largest absolute Gasteiger partial charge is 0.495 e. The quantitative estimate of drug-likeness (QED) is 0.779. The van der Waals surface area contributed by atoms with Crippen molar-refractivity contribution in [3.8, 4) is 5.75 Å². The average Bonchev–Trinajstić information content (AvgIpc) is 2.15. The molecule has 2 nitrogen and oxygen atoms in total. The fourth-order valence-corrected chi connectivity index (χ4v) is 1.36. The van der Waals surface area contributed by atoms with Gasteiger partial charge in [0.05, 0.1) is 12.8 Å². The summed E-state index contributed by atoms with van der Waals surface area (Å²) in [6.07, 6.45) is 0. The summed E-state index contributed by atoms with van der Waals surface area (Å²) < 4.78 is 5.31. The lowest BCUT2D eigenvalue weighted by Gasteiger charge is -2.20. The zero-order valence-electron chi connectivity index (χ0n) is 9.64. The van der Waals surface area contributed by atoms with Crippen LogP contribution in [0, 0.1) is 0 Å². The Morgan fingerprint density at radius 1 is 1.21 bits per heavy atom. The van der Waals surface area contributed by atoms with Gasteiger partial charge in [0.15, 0.2) is 0 Å². The van der Waals surface area contributed by atoms with Gasteiger partial charge in [-0.3, -0.25) is 0 Å². The third-order valence-corrected chi connectivity index (χ3v) is 2.34. The molecule has 2 heteroatoms. The maximum atomic E-state index is 5.31. The SMILES string of the molecule is CNc1ccc(C(C)(C)C)cc1OC. The molecule has 0 spiro atoms. The van der Waals surface area contributed by atoms with Crippen molar-refractivity contribution < 1.29 is 4.74 Å². The second-order valence-corrected chi connectivity index (χ2v) is 4.42. The summed E-state index contributed by atoms with van der Waals surface area (Å²) in [5.41, 5.74) is 2.48. The summed E-state index contributed by atoms with van der Waals surface area (Å²) in [6, 6.07) is 6.28. The normalized spacial score (nSPS) is 11.2. The molecule has 0 radical (unpaired) electrons. The summed E-state index contributed by atoms with van der Waals surface area (Å²) in [5, 5.41) is 3.10. The molecule has 1 aromatic rings. The molecule has 0 saturated carbocycles. The lowest BCUT2D eigenvalue weighted by Crippen LogP contribution is -2.11. The Kier molecular flexibility index (Phi) is 3.04. The summed E-state index contributed by atoms with van der Waals surface area (Å²) >= 11 is 0. The summed E-state index contributed by atoms with van der Waals surface area (Å²) in [6.45, 7) is 6.59. The van der Waals surface area contributed by atoms with E-state index in [0.717, 1.165) is 11.4 Å². The summed E-state index contributed by atoms with van der Waals surface area (Å²) in [4.78, 5) is 0. The Hall–Kier alpha value is -1.18. The summed E-state index contributed by atoms with van der Waals surface area (Å²) in [7, 11) is 3.59. The van der Waals surface area contributed by atoms with E-state index >= 15 is 0 Å². The van der Waals surface area contributed by atoms with Crippen molar-refractivity contribution in [1.29, 1.82) is 0 Å². The Morgan fingerprint density at radius 2 is 1.86 bits per heavy atom. The first-order valence-corrected chi connectivity index (χ1v) is 4.85. The highest BCUT2D eigenvalue weighted by atomic mass is 16.5. The van der Waals surface area contributed by atoms with Gasteiger partial charge < -0.3 is 10.1 Å². The van der Waals surface area contributed by atoms with Crippen LogP contribution >= 0.6 is 0 Å². The smallest absolute Gasteiger partial charge is 0.142 e. The maximum Gasteiger partial charge on any atom is 0.142 e. The zero-order chi connectivity index (χ0) is 10.8. The number of methoxy groups -OCH3 is 1. The van der Waals surface area contributed by atoms with Crippen molar-refractivity contribution in [2.75, 3.05) is 19.5 Å². The van der Waals surface area contributed by atoms with Gasteiger partial charge in [-0.05, 0) is 23.1 Å². The first-order valence-electron chi connectivity index (χ1n) is 4.85. The van der Waals surface area contributed by atoms with E-state index in [1.807, 2.05) is 7.05 Å². The van der Waals surface area contributed by atoms with Crippen molar-refractivity contribution in [3.63, 3.8) is 0 Å². The fraction of sp³-hybridized carbons (Fsp3) is 0.500. The van der Waals surface area contributed by atoms with Crippen molar-refractivity contribution in [2.24, 2.45) is 0 Å². The minimum atomic E-state index is 0.166. The molecule has 0 aliphatic heterocycles. The van der Waals surface area contributed by atoms with Crippen LogP contribution in [-0.2, 0) is 5.41 Å². The first kappa shape index (κ1) is 10.9. The molecular weight excluding hydrogens is 174 g/mol. The van der Waals surface area contributed by atoms with Crippen molar-refractivity contribution in [3.05, 3.63) is 23.8 Å². The van der Waals surface area contributed by atoms with E-state index in [9.17, 15) is 0 Å². The molecule has 1 N–H and O–H groups in total. The van der Waals surface area contributed by atoms with Gasteiger partial charge in [0.2, 0.25) is 0 Å². The second kappa shape index (κ2) is 3.91. The monoisotopic (exact) mass is 193 g/mol. The average molecular weight is 193 g/mol. The van der Waals surface area contributed by atoms with Crippen LogP contribution in [0.5, 0.6) is 5.75 Å². The molecule has 0 fully saturated rings. The molecule has 14 heavy (non-hydrogen) atoms. The van der Waals surface area contributed by atoms with Crippen LogP contribution in [0.15, 0.2) is 18.2 Å². The van der Waals surface area contributed by atoms with Crippen molar-refractivity contribution >= 4 is 5.69 Å². The Labute approximate surface area is 86.3 Å². The molecule has 0 atom stereocenters. The van der Waals surface area contributed by atoms with Gasteiger partial charge in [0.25, 0.3) is 0 Å². The highest BCUT2D eigenvalue weighted by Gasteiger charge is 2.15. The molecule has 78 valence electrons. The van der Waals surface area contributed by atoms with Gasteiger partial charge in [-0.2, -0.15) is 0 Å². The molecule has 0 unspecified atom stereocenters. The number of hydrogen-bond donors (Lipinski definition) is 1. The number of ether oxygens (including phenoxy) is 1. The van der Waals surface area contributed by atoms with Gasteiger partial charge in [-0.25, -0.2) is 0 Å². The highest BCUT2D eigenvalue weighted by molar-refractivity contribution is 5.58. The van der Waals surface area contributed by atoms with Crippen molar-refractivity contribution in [2.45, 2.75) is 26.2 Å². The van der Waals surface area contributed by atoms with Gasteiger partial charge >= 0.3 is 0 Å². The maximum absolute atomic E-state index is 5.31. The molecule has 0 saturated heterocycles. The van der Waals surface area contributed by atoms with Crippen LogP contribution in [-0.4, -0.2) is 14.2 Å². The Morgan fingerprint density at radius 3 is 2.29 bits per heavy atom. The molecule has 0 heterocycles. The molecule has 1 aromatic carbocycles. The van der Waals surface area contributed by atoms with Crippen LogP contribution in [0.1, 0.15) is 26.3 Å². The highest BCUT2D eigenvalue weighted by Crippen LogP contribution is 2.30. The van der Waals surface area contributed by atoms with E-state index in [0.29, 0.717) is 0 Å². The first-order chi connectivity index (χ1) is 6.49.